The topological polar surface area (TPSA) is 39.2 Å². The summed E-state index contributed by atoms with van der Waals surface area (Å²) in [5.41, 5.74) is 6.82. The summed E-state index contributed by atoms with van der Waals surface area (Å²) in [5, 5.41) is 0. The molecule has 2 nitrogen and oxygen atoms in total. The number of furan rings is 1. The third-order valence-electron chi connectivity index (χ3n) is 1.65. The molecule has 0 saturated carbocycles. The van der Waals surface area contributed by atoms with E-state index in [0.717, 1.165) is 12.0 Å². The van der Waals surface area contributed by atoms with Crippen molar-refractivity contribution in [3.63, 3.8) is 0 Å². The molecule has 1 rings (SSSR count). The monoisotopic (exact) mass is 227 g/mol. The van der Waals surface area contributed by atoms with Crippen LogP contribution in [0.4, 0.5) is 0 Å². The van der Waals surface area contributed by atoms with Crippen LogP contribution >= 0.6 is 15.9 Å². The molecule has 0 aliphatic rings. The van der Waals surface area contributed by atoms with Crippen molar-refractivity contribution in [3.05, 3.63) is 22.6 Å². The van der Waals surface area contributed by atoms with Crippen LogP contribution in [0.25, 0.3) is 0 Å². The summed E-state index contributed by atoms with van der Waals surface area (Å²) in [5.74, 6) is 2.55. The summed E-state index contributed by atoms with van der Waals surface area (Å²) >= 11 is 3.26. The zero-order chi connectivity index (χ0) is 8.97. The average Bonchev–Trinajstić information content (AvgIpc) is 2.47. The van der Waals surface area contributed by atoms with Crippen molar-refractivity contribution in [3.8, 4) is 12.3 Å². The van der Waals surface area contributed by atoms with Crippen molar-refractivity contribution in [1.82, 2.24) is 0 Å². The number of hydrogen-bond acceptors (Lipinski definition) is 2. The summed E-state index contributed by atoms with van der Waals surface area (Å²) < 4.78 is 5.75. The number of rotatable bonds is 3. The Balaban J connectivity index is 2.60. The second-order valence-electron chi connectivity index (χ2n) is 2.50. The third-order valence-corrected chi connectivity index (χ3v) is 2.29. The van der Waals surface area contributed by atoms with Crippen LogP contribution in [-0.2, 0) is 0 Å². The standard InChI is InChI=1S/C9H10BrNO/c1-2-3-4-8(11)7-5-6-12-9(7)10/h1,5-6,8H,3-4,11H2. The summed E-state index contributed by atoms with van der Waals surface area (Å²) in [6, 6.07) is 1.82. The van der Waals surface area contributed by atoms with Gasteiger partial charge in [-0.2, -0.15) is 0 Å². The first kappa shape index (κ1) is 9.37. The van der Waals surface area contributed by atoms with E-state index in [0.29, 0.717) is 11.1 Å². The summed E-state index contributed by atoms with van der Waals surface area (Å²) in [7, 11) is 0. The molecule has 0 aliphatic heterocycles. The van der Waals surface area contributed by atoms with Crippen LogP contribution in [-0.4, -0.2) is 0 Å². The maximum atomic E-state index is 5.84. The van der Waals surface area contributed by atoms with Crippen LogP contribution in [0.5, 0.6) is 0 Å². The van der Waals surface area contributed by atoms with Gasteiger partial charge in [0.05, 0.1) is 6.26 Å². The highest BCUT2D eigenvalue weighted by molar-refractivity contribution is 9.10. The zero-order valence-corrected chi connectivity index (χ0v) is 8.17. The van der Waals surface area contributed by atoms with Gasteiger partial charge in [0.15, 0.2) is 4.67 Å². The second-order valence-corrected chi connectivity index (χ2v) is 3.22. The van der Waals surface area contributed by atoms with Gasteiger partial charge in [-0.1, -0.05) is 0 Å². The first-order valence-electron chi connectivity index (χ1n) is 3.67. The number of hydrogen-bond donors (Lipinski definition) is 1. The predicted octanol–water partition coefficient (Wildman–Crippen LogP) is 2.46. The molecule has 1 atom stereocenters. The Bertz CT molecular complexity index is 287. The van der Waals surface area contributed by atoms with Crippen molar-refractivity contribution < 1.29 is 4.42 Å². The van der Waals surface area contributed by atoms with Crippen LogP contribution in [0.2, 0.25) is 0 Å². The van der Waals surface area contributed by atoms with Crippen molar-refractivity contribution in [2.24, 2.45) is 5.73 Å². The van der Waals surface area contributed by atoms with Crippen LogP contribution < -0.4 is 5.73 Å². The molecule has 0 fully saturated rings. The SMILES string of the molecule is C#CCCC(N)c1ccoc1Br. The molecule has 64 valence electrons. The Morgan fingerprint density at radius 2 is 2.50 bits per heavy atom. The molecule has 1 aromatic heterocycles. The quantitative estimate of drug-likeness (QED) is 0.807. The van der Waals surface area contributed by atoms with E-state index >= 15 is 0 Å². The lowest BCUT2D eigenvalue weighted by molar-refractivity contribution is 0.528. The zero-order valence-electron chi connectivity index (χ0n) is 6.59. The number of terminal acetylenes is 1. The average molecular weight is 228 g/mol. The van der Waals surface area contributed by atoms with E-state index in [2.05, 4.69) is 21.9 Å². The van der Waals surface area contributed by atoms with Gasteiger partial charge < -0.3 is 10.2 Å². The summed E-state index contributed by atoms with van der Waals surface area (Å²) in [6.45, 7) is 0. The van der Waals surface area contributed by atoms with Crippen LogP contribution in [0.3, 0.4) is 0 Å². The molecule has 1 aromatic rings. The molecule has 12 heavy (non-hydrogen) atoms. The minimum absolute atomic E-state index is 0.0332. The van der Waals surface area contributed by atoms with E-state index in [4.69, 9.17) is 16.6 Å². The Hall–Kier alpha value is -0.720. The first-order chi connectivity index (χ1) is 5.75. The molecular weight excluding hydrogens is 218 g/mol. The number of nitrogens with two attached hydrogens (primary N) is 1. The highest BCUT2D eigenvalue weighted by Crippen LogP contribution is 2.25. The first-order valence-corrected chi connectivity index (χ1v) is 4.47. The molecule has 2 N–H and O–H groups in total. The molecule has 0 spiro atoms. The van der Waals surface area contributed by atoms with E-state index in [9.17, 15) is 0 Å². The molecule has 0 bridgehead atoms. The lowest BCUT2D eigenvalue weighted by Gasteiger charge is -2.06. The second kappa shape index (κ2) is 4.34. The van der Waals surface area contributed by atoms with Gasteiger partial charge in [-0.25, -0.2) is 0 Å². The summed E-state index contributed by atoms with van der Waals surface area (Å²) in [6.07, 6.45) is 8.21. The van der Waals surface area contributed by atoms with Gasteiger partial charge in [0.25, 0.3) is 0 Å². The molecule has 0 aromatic carbocycles. The highest BCUT2D eigenvalue weighted by Gasteiger charge is 2.10. The van der Waals surface area contributed by atoms with Gasteiger partial charge in [-0.3, -0.25) is 0 Å². The van der Waals surface area contributed by atoms with Gasteiger partial charge in [0.2, 0.25) is 0 Å². The predicted molar refractivity (Wildman–Crippen MR) is 51.4 cm³/mol. The minimum atomic E-state index is -0.0332. The van der Waals surface area contributed by atoms with Gasteiger partial charge in [-0.05, 0) is 28.4 Å². The molecular formula is C9H10BrNO. The molecule has 0 saturated heterocycles. The Kier molecular flexibility index (Phi) is 3.39. The van der Waals surface area contributed by atoms with Crippen molar-refractivity contribution in [1.29, 1.82) is 0 Å². The van der Waals surface area contributed by atoms with Crippen molar-refractivity contribution in [2.45, 2.75) is 18.9 Å². The molecule has 1 unspecified atom stereocenters. The minimum Gasteiger partial charge on any atom is -0.457 e. The molecule has 0 aliphatic carbocycles. The van der Waals surface area contributed by atoms with Crippen LogP contribution in [0, 0.1) is 12.3 Å². The van der Waals surface area contributed by atoms with E-state index < -0.39 is 0 Å². The van der Waals surface area contributed by atoms with Gasteiger partial charge in [0.1, 0.15) is 0 Å². The lowest BCUT2D eigenvalue weighted by atomic mass is 10.1. The van der Waals surface area contributed by atoms with Crippen molar-refractivity contribution in [2.75, 3.05) is 0 Å². The van der Waals surface area contributed by atoms with Crippen molar-refractivity contribution >= 4 is 15.9 Å². The Morgan fingerprint density at radius 3 is 3.00 bits per heavy atom. The third kappa shape index (κ3) is 2.13. The molecule has 3 heteroatoms. The molecule has 1 heterocycles. The Labute approximate surface area is 80.3 Å². The fourth-order valence-electron chi connectivity index (χ4n) is 0.964. The van der Waals surface area contributed by atoms with E-state index in [1.807, 2.05) is 6.07 Å². The fourth-order valence-corrected chi connectivity index (χ4v) is 1.50. The smallest absolute Gasteiger partial charge is 0.173 e. The Morgan fingerprint density at radius 1 is 1.75 bits per heavy atom. The maximum Gasteiger partial charge on any atom is 0.173 e. The highest BCUT2D eigenvalue weighted by atomic mass is 79.9. The van der Waals surface area contributed by atoms with Gasteiger partial charge in [0, 0.05) is 18.0 Å². The maximum absolute atomic E-state index is 5.84. The van der Waals surface area contributed by atoms with E-state index in [-0.39, 0.29) is 6.04 Å². The molecule has 0 radical (unpaired) electrons. The largest absolute Gasteiger partial charge is 0.457 e. The summed E-state index contributed by atoms with van der Waals surface area (Å²) in [4.78, 5) is 0. The van der Waals surface area contributed by atoms with Crippen LogP contribution in [0.15, 0.2) is 21.4 Å². The lowest BCUT2D eigenvalue weighted by Crippen LogP contribution is -2.09. The van der Waals surface area contributed by atoms with E-state index in [1.165, 1.54) is 0 Å². The molecule has 0 amide bonds. The van der Waals surface area contributed by atoms with Gasteiger partial charge >= 0.3 is 0 Å². The number of halogens is 1. The normalized spacial score (nSPS) is 12.4. The van der Waals surface area contributed by atoms with E-state index in [1.54, 1.807) is 6.26 Å². The van der Waals surface area contributed by atoms with Crippen LogP contribution in [0.1, 0.15) is 24.4 Å². The fraction of sp³-hybridized carbons (Fsp3) is 0.333. The van der Waals surface area contributed by atoms with Gasteiger partial charge in [-0.15, -0.1) is 12.3 Å².